The van der Waals surface area contributed by atoms with E-state index >= 15 is 0 Å². The Bertz CT molecular complexity index is 694. The van der Waals surface area contributed by atoms with Crippen molar-refractivity contribution in [1.29, 1.82) is 0 Å². The molecule has 7 nitrogen and oxygen atoms in total. The van der Waals surface area contributed by atoms with E-state index in [2.05, 4.69) is 10.9 Å². The van der Waals surface area contributed by atoms with Gasteiger partial charge in [-0.15, -0.1) is 0 Å². The molecule has 7 heteroatoms. The average Bonchev–Trinajstić information content (AvgIpc) is 2.50. The molecule has 0 saturated carbocycles. The van der Waals surface area contributed by atoms with Crippen molar-refractivity contribution in [2.24, 2.45) is 0 Å². The number of hydrazine groups is 1. The van der Waals surface area contributed by atoms with E-state index in [4.69, 9.17) is 4.74 Å². The predicted molar refractivity (Wildman–Crippen MR) is 82.4 cm³/mol. The highest BCUT2D eigenvalue weighted by molar-refractivity contribution is 5.95. The van der Waals surface area contributed by atoms with Gasteiger partial charge in [0.15, 0.2) is 19.0 Å². The third-order valence-corrected chi connectivity index (χ3v) is 2.94. The fourth-order valence-electron chi connectivity index (χ4n) is 1.96. The summed E-state index contributed by atoms with van der Waals surface area (Å²) in [5.41, 5.74) is 6.82. The van der Waals surface area contributed by atoms with Gasteiger partial charge in [-0.1, -0.05) is 6.07 Å². The summed E-state index contributed by atoms with van der Waals surface area (Å²) in [5, 5.41) is 10.9. The van der Waals surface area contributed by atoms with E-state index in [0.29, 0.717) is 10.5 Å². The summed E-state index contributed by atoms with van der Waals surface area (Å²) < 4.78 is 5.94. The molecule has 0 atom stereocenters. The highest BCUT2D eigenvalue weighted by Crippen LogP contribution is 2.15. The van der Waals surface area contributed by atoms with Crippen LogP contribution in [0.25, 0.3) is 0 Å². The van der Waals surface area contributed by atoms with Gasteiger partial charge >= 0.3 is 0 Å². The second-order valence-corrected chi connectivity index (χ2v) is 5.06. The maximum absolute atomic E-state index is 11.7. The van der Waals surface area contributed by atoms with E-state index in [9.17, 15) is 14.8 Å². The molecule has 1 heterocycles. The Morgan fingerprint density at radius 2 is 1.70 bits per heavy atom. The smallest absolute Gasteiger partial charge is 0.276 e. The van der Waals surface area contributed by atoms with E-state index in [1.165, 1.54) is 24.5 Å². The lowest BCUT2D eigenvalue weighted by atomic mass is 10.1. The molecule has 2 aromatic rings. The van der Waals surface area contributed by atoms with Crippen molar-refractivity contribution in [3.63, 3.8) is 0 Å². The van der Waals surface area contributed by atoms with Crippen LogP contribution in [0, 0.1) is 19.1 Å². The van der Waals surface area contributed by atoms with Crippen LogP contribution in [0.15, 0.2) is 42.7 Å². The Balaban J connectivity index is 1.80. The first-order chi connectivity index (χ1) is 10.9. The Morgan fingerprint density at radius 3 is 2.30 bits per heavy atom. The van der Waals surface area contributed by atoms with Crippen LogP contribution < -0.4 is 20.3 Å². The van der Waals surface area contributed by atoms with Crippen molar-refractivity contribution in [1.82, 2.24) is 10.9 Å². The summed E-state index contributed by atoms with van der Waals surface area (Å²) in [5.74, 6) is -0.426. The number of carbonyl (C=O) groups is 2. The van der Waals surface area contributed by atoms with Crippen LogP contribution in [-0.2, 0) is 4.79 Å². The van der Waals surface area contributed by atoms with E-state index in [1.807, 2.05) is 32.0 Å². The van der Waals surface area contributed by atoms with Crippen molar-refractivity contribution in [3.05, 3.63) is 64.6 Å². The Morgan fingerprint density at radius 1 is 1.09 bits per heavy atom. The summed E-state index contributed by atoms with van der Waals surface area (Å²) in [6.07, 6.45) is 2.39. The largest absolute Gasteiger partial charge is 0.619 e. The van der Waals surface area contributed by atoms with Gasteiger partial charge in [0.2, 0.25) is 0 Å². The number of aromatic nitrogens is 1. The molecule has 1 aromatic heterocycles. The van der Waals surface area contributed by atoms with E-state index in [1.54, 1.807) is 0 Å². The molecule has 23 heavy (non-hydrogen) atoms. The molecule has 2 N–H and O–H groups in total. The highest BCUT2D eigenvalue weighted by atomic mass is 16.5. The standard InChI is InChI=1S/C16H17N3O4/c1-11-7-12(2)9-14(8-11)23-10-15(20)17-18-16(21)13-3-5-19(22)6-4-13/h3-9H,10H2,1-2H3,(H,17,20)(H,18,21). The number of nitrogens with one attached hydrogen (secondary N) is 2. The summed E-state index contributed by atoms with van der Waals surface area (Å²) in [6.45, 7) is 3.65. The molecule has 120 valence electrons. The van der Waals surface area contributed by atoms with Gasteiger partial charge in [0.1, 0.15) is 5.75 Å². The van der Waals surface area contributed by atoms with Crippen molar-refractivity contribution < 1.29 is 19.1 Å². The maximum Gasteiger partial charge on any atom is 0.276 e. The minimum absolute atomic E-state index is 0.224. The molecule has 0 saturated heterocycles. The number of hydrogen-bond acceptors (Lipinski definition) is 4. The maximum atomic E-state index is 11.7. The molecule has 0 radical (unpaired) electrons. The molecule has 0 aliphatic heterocycles. The number of nitrogens with zero attached hydrogens (tertiary/aromatic N) is 1. The summed E-state index contributed by atoms with van der Waals surface area (Å²) >= 11 is 0. The van der Waals surface area contributed by atoms with E-state index in [-0.39, 0.29) is 12.2 Å². The fourth-order valence-corrected chi connectivity index (χ4v) is 1.96. The molecule has 2 amide bonds. The first-order valence-corrected chi connectivity index (χ1v) is 6.93. The summed E-state index contributed by atoms with van der Waals surface area (Å²) in [4.78, 5) is 23.4. The average molecular weight is 315 g/mol. The number of amides is 2. The van der Waals surface area contributed by atoms with Crippen LogP contribution in [0.3, 0.4) is 0 Å². The molecule has 2 rings (SSSR count). The van der Waals surface area contributed by atoms with Crippen LogP contribution in [0.5, 0.6) is 5.75 Å². The molecule has 0 fully saturated rings. The number of rotatable bonds is 4. The Labute approximate surface area is 133 Å². The molecular weight excluding hydrogens is 298 g/mol. The van der Waals surface area contributed by atoms with Crippen molar-refractivity contribution in [2.75, 3.05) is 6.61 Å². The van der Waals surface area contributed by atoms with Gasteiger partial charge in [-0.2, -0.15) is 4.73 Å². The number of aryl methyl sites for hydroxylation is 2. The molecule has 0 aliphatic rings. The lowest BCUT2D eigenvalue weighted by Gasteiger charge is -2.10. The van der Waals surface area contributed by atoms with Crippen molar-refractivity contribution in [3.8, 4) is 5.75 Å². The minimum Gasteiger partial charge on any atom is -0.619 e. The Hall–Kier alpha value is -3.09. The lowest BCUT2D eigenvalue weighted by Crippen LogP contribution is -2.44. The van der Waals surface area contributed by atoms with Gasteiger partial charge in [0.05, 0.1) is 5.56 Å². The van der Waals surface area contributed by atoms with Gasteiger partial charge in [-0.3, -0.25) is 20.4 Å². The monoisotopic (exact) mass is 315 g/mol. The van der Waals surface area contributed by atoms with Crippen molar-refractivity contribution >= 4 is 11.8 Å². The second kappa shape index (κ2) is 7.26. The molecule has 0 unspecified atom stereocenters. The molecule has 0 spiro atoms. The highest BCUT2D eigenvalue weighted by Gasteiger charge is 2.09. The van der Waals surface area contributed by atoms with Gasteiger partial charge in [-0.25, -0.2) is 0 Å². The van der Waals surface area contributed by atoms with Crippen LogP contribution >= 0.6 is 0 Å². The van der Waals surface area contributed by atoms with E-state index < -0.39 is 11.8 Å². The third kappa shape index (κ3) is 4.99. The predicted octanol–water partition coefficient (Wildman–Crippen LogP) is 0.777. The summed E-state index contributed by atoms with van der Waals surface area (Å²) in [6, 6.07) is 8.33. The van der Waals surface area contributed by atoms with Gasteiger partial charge < -0.3 is 9.94 Å². The second-order valence-electron chi connectivity index (χ2n) is 5.06. The summed E-state index contributed by atoms with van der Waals surface area (Å²) in [7, 11) is 0. The Kier molecular flexibility index (Phi) is 5.14. The molecule has 0 aliphatic carbocycles. The zero-order valence-electron chi connectivity index (χ0n) is 12.8. The van der Waals surface area contributed by atoms with Gasteiger partial charge in [0.25, 0.3) is 11.8 Å². The van der Waals surface area contributed by atoms with Gasteiger partial charge in [0, 0.05) is 12.1 Å². The van der Waals surface area contributed by atoms with Crippen LogP contribution in [-0.4, -0.2) is 18.4 Å². The quantitative estimate of drug-likeness (QED) is 0.495. The van der Waals surface area contributed by atoms with Crippen LogP contribution in [0.2, 0.25) is 0 Å². The topological polar surface area (TPSA) is 94.4 Å². The first-order valence-electron chi connectivity index (χ1n) is 6.93. The number of pyridine rings is 1. The lowest BCUT2D eigenvalue weighted by molar-refractivity contribution is -0.605. The molecule has 1 aromatic carbocycles. The number of carbonyl (C=O) groups excluding carboxylic acids is 2. The fraction of sp³-hybridized carbons (Fsp3) is 0.188. The van der Waals surface area contributed by atoms with Gasteiger partial charge in [-0.05, 0) is 37.1 Å². The van der Waals surface area contributed by atoms with Crippen LogP contribution in [0.1, 0.15) is 21.5 Å². The normalized spacial score (nSPS) is 10.0. The number of benzene rings is 1. The number of ether oxygens (including phenoxy) is 1. The number of hydrogen-bond donors (Lipinski definition) is 2. The minimum atomic E-state index is -0.523. The van der Waals surface area contributed by atoms with Crippen molar-refractivity contribution in [2.45, 2.75) is 13.8 Å². The molecular formula is C16H17N3O4. The zero-order chi connectivity index (χ0) is 16.8. The third-order valence-electron chi connectivity index (χ3n) is 2.94. The van der Waals surface area contributed by atoms with Crippen LogP contribution in [0.4, 0.5) is 0 Å². The SMILES string of the molecule is Cc1cc(C)cc(OCC(=O)NNC(=O)c2cc[n+]([O-])cc2)c1. The molecule has 0 bridgehead atoms. The van der Waals surface area contributed by atoms with E-state index in [0.717, 1.165) is 11.1 Å². The first kappa shape index (κ1) is 16.3. The zero-order valence-corrected chi connectivity index (χ0v) is 12.8.